The van der Waals surface area contributed by atoms with Gasteiger partial charge in [0.05, 0.1) is 18.6 Å². The normalized spacial score (nSPS) is 24.8. The summed E-state index contributed by atoms with van der Waals surface area (Å²) < 4.78 is 25.5. The lowest BCUT2D eigenvalue weighted by atomic mass is 10.0. The average molecular weight is 245 g/mol. The molecule has 2 rings (SSSR count). The van der Waals surface area contributed by atoms with E-state index < -0.39 is 16.1 Å². The average Bonchev–Trinajstić information content (AvgIpc) is 2.90. The molecule has 7 heteroatoms. The van der Waals surface area contributed by atoms with Crippen molar-refractivity contribution in [3.8, 4) is 0 Å². The number of hydrogen-bond donors (Lipinski definition) is 2. The predicted molar refractivity (Wildman–Crippen MR) is 57.1 cm³/mol. The number of H-pyrrole nitrogens is 1. The van der Waals surface area contributed by atoms with E-state index in [9.17, 15) is 13.5 Å². The van der Waals surface area contributed by atoms with Crippen molar-refractivity contribution in [1.29, 1.82) is 0 Å². The van der Waals surface area contributed by atoms with E-state index in [1.807, 2.05) is 0 Å². The van der Waals surface area contributed by atoms with Gasteiger partial charge in [0.25, 0.3) is 10.0 Å². The molecule has 1 aliphatic rings. The van der Waals surface area contributed by atoms with Gasteiger partial charge in [0.1, 0.15) is 0 Å². The molecule has 0 bridgehead atoms. The van der Waals surface area contributed by atoms with Crippen LogP contribution in [-0.2, 0) is 10.0 Å². The molecule has 1 saturated heterocycles. The van der Waals surface area contributed by atoms with Gasteiger partial charge in [0.2, 0.25) is 0 Å². The fraction of sp³-hybridized carbons (Fsp3) is 0.667. The van der Waals surface area contributed by atoms with Gasteiger partial charge in [-0.05, 0) is 19.3 Å². The van der Waals surface area contributed by atoms with Crippen LogP contribution in [0.2, 0.25) is 0 Å². The van der Waals surface area contributed by atoms with Gasteiger partial charge in [-0.15, -0.1) is 0 Å². The van der Waals surface area contributed by atoms with Crippen molar-refractivity contribution in [1.82, 2.24) is 14.3 Å². The van der Waals surface area contributed by atoms with Crippen LogP contribution in [0.25, 0.3) is 0 Å². The number of rotatable bonds is 3. The summed E-state index contributed by atoms with van der Waals surface area (Å²) >= 11 is 0. The maximum Gasteiger partial charge on any atom is 0.260 e. The zero-order valence-electron chi connectivity index (χ0n) is 9.00. The fourth-order valence-corrected chi connectivity index (χ4v) is 3.30. The lowest BCUT2D eigenvalue weighted by Crippen LogP contribution is -2.30. The van der Waals surface area contributed by atoms with Gasteiger partial charge in [0.15, 0.2) is 5.03 Å². The molecule has 0 aliphatic carbocycles. The summed E-state index contributed by atoms with van der Waals surface area (Å²) in [7, 11) is -3.46. The van der Waals surface area contributed by atoms with E-state index in [1.165, 1.54) is 16.8 Å². The molecule has 1 fully saturated rings. The van der Waals surface area contributed by atoms with E-state index in [2.05, 4.69) is 9.97 Å². The van der Waals surface area contributed by atoms with Crippen LogP contribution in [0.4, 0.5) is 0 Å². The van der Waals surface area contributed by atoms with Crippen molar-refractivity contribution in [2.45, 2.75) is 24.5 Å². The Balaban J connectivity index is 2.16. The van der Waals surface area contributed by atoms with E-state index in [1.54, 1.807) is 6.92 Å². The minimum absolute atomic E-state index is 0.0256. The molecular formula is C9H15N3O3S. The second-order valence-electron chi connectivity index (χ2n) is 4.07. The Morgan fingerprint density at radius 2 is 2.44 bits per heavy atom. The monoisotopic (exact) mass is 245 g/mol. The molecule has 0 amide bonds. The molecule has 6 nitrogen and oxygen atoms in total. The van der Waals surface area contributed by atoms with Crippen molar-refractivity contribution in [3.63, 3.8) is 0 Å². The van der Waals surface area contributed by atoms with Gasteiger partial charge >= 0.3 is 0 Å². The number of nitrogens with one attached hydrogen (secondary N) is 1. The van der Waals surface area contributed by atoms with Crippen LogP contribution in [-0.4, -0.2) is 47.0 Å². The Kier molecular flexibility index (Phi) is 3.00. The number of aromatic nitrogens is 2. The Morgan fingerprint density at radius 3 is 2.94 bits per heavy atom. The Hall–Kier alpha value is -0.920. The largest absolute Gasteiger partial charge is 0.393 e. The maximum atomic E-state index is 12.0. The molecule has 1 aromatic heterocycles. The number of imidazole rings is 1. The SMILES string of the molecule is CC(O)C1CCN(S(=O)(=O)c2cnc[nH]2)C1. The summed E-state index contributed by atoms with van der Waals surface area (Å²) in [5.41, 5.74) is 0. The number of hydrogen-bond acceptors (Lipinski definition) is 4. The highest BCUT2D eigenvalue weighted by atomic mass is 32.2. The minimum Gasteiger partial charge on any atom is -0.393 e. The maximum absolute atomic E-state index is 12.0. The Labute approximate surface area is 94.4 Å². The van der Waals surface area contributed by atoms with Gasteiger partial charge in [-0.25, -0.2) is 13.4 Å². The van der Waals surface area contributed by atoms with E-state index in [4.69, 9.17) is 0 Å². The standard InChI is InChI=1S/C9H15N3O3S/c1-7(13)8-2-3-12(5-8)16(14,15)9-4-10-6-11-9/h4,6-8,13H,2-3,5H2,1H3,(H,10,11). The first kappa shape index (κ1) is 11.6. The summed E-state index contributed by atoms with van der Waals surface area (Å²) in [6.45, 7) is 2.52. The number of sulfonamides is 1. The Bertz CT molecular complexity index is 441. The quantitative estimate of drug-likeness (QED) is 0.772. The number of aliphatic hydroxyl groups is 1. The van der Waals surface area contributed by atoms with Gasteiger partial charge in [-0.2, -0.15) is 4.31 Å². The van der Waals surface area contributed by atoms with Gasteiger partial charge in [-0.1, -0.05) is 0 Å². The molecule has 1 aromatic rings. The van der Waals surface area contributed by atoms with E-state index in [0.29, 0.717) is 19.5 Å². The lowest BCUT2D eigenvalue weighted by Gasteiger charge is -2.16. The van der Waals surface area contributed by atoms with Crippen molar-refractivity contribution in [3.05, 3.63) is 12.5 Å². The predicted octanol–water partition coefficient (Wildman–Crippen LogP) is -0.199. The summed E-state index contributed by atoms with van der Waals surface area (Å²) in [6.07, 6.45) is 2.87. The zero-order valence-corrected chi connectivity index (χ0v) is 9.81. The molecule has 0 spiro atoms. The second-order valence-corrected chi connectivity index (χ2v) is 5.97. The highest BCUT2D eigenvalue weighted by molar-refractivity contribution is 7.89. The smallest absolute Gasteiger partial charge is 0.260 e. The van der Waals surface area contributed by atoms with Crippen molar-refractivity contribution in [2.75, 3.05) is 13.1 Å². The van der Waals surface area contributed by atoms with Crippen LogP contribution in [0.1, 0.15) is 13.3 Å². The van der Waals surface area contributed by atoms with Crippen LogP contribution in [0.5, 0.6) is 0 Å². The fourth-order valence-electron chi connectivity index (χ4n) is 1.89. The van der Waals surface area contributed by atoms with Crippen LogP contribution in [0.3, 0.4) is 0 Å². The van der Waals surface area contributed by atoms with Crippen LogP contribution < -0.4 is 0 Å². The summed E-state index contributed by atoms with van der Waals surface area (Å²) in [6, 6.07) is 0. The number of nitrogens with zero attached hydrogens (tertiary/aromatic N) is 2. The molecule has 90 valence electrons. The molecule has 2 atom stereocenters. The van der Waals surface area contributed by atoms with Crippen LogP contribution in [0, 0.1) is 5.92 Å². The summed E-state index contributed by atoms with van der Waals surface area (Å²) in [5, 5.41) is 9.53. The first-order chi connectivity index (χ1) is 7.51. The van der Waals surface area contributed by atoms with E-state index in [0.717, 1.165) is 0 Å². The topological polar surface area (TPSA) is 86.3 Å². The third kappa shape index (κ3) is 1.98. The lowest BCUT2D eigenvalue weighted by molar-refractivity contribution is 0.133. The molecule has 0 radical (unpaired) electrons. The summed E-state index contributed by atoms with van der Waals surface area (Å²) in [4.78, 5) is 6.30. The number of aliphatic hydroxyl groups excluding tert-OH is 1. The van der Waals surface area contributed by atoms with Crippen LogP contribution in [0.15, 0.2) is 17.6 Å². The van der Waals surface area contributed by atoms with Gasteiger partial charge < -0.3 is 10.1 Å². The minimum atomic E-state index is -3.46. The zero-order chi connectivity index (χ0) is 11.8. The number of aromatic amines is 1. The van der Waals surface area contributed by atoms with Crippen LogP contribution >= 0.6 is 0 Å². The molecule has 2 unspecified atom stereocenters. The first-order valence-electron chi connectivity index (χ1n) is 5.18. The van der Waals surface area contributed by atoms with Crippen molar-refractivity contribution < 1.29 is 13.5 Å². The van der Waals surface area contributed by atoms with Gasteiger partial charge in [0, 0.05) is 13.1 Å². The second kappa shape index (κ2) is 4.15. The van der Waals surface area contributed by atoms with E-state index in [-0.39, 0.29) is 10.9 Å². The van der Waals surface area contributed by atoms with Crippen molar-refractivity contribution in [2.24, 2.45) is 5.92 Å². The van der Waals surface area contributed by atoms with Crippen molar-refractivity contribution >= 4 is 10.0 Å². The Morgan fingerprint density at radius 1 is 1.69 bits per heavy atom. The van der Waals surface area contributed by atoms with E-state index >= 15 is 0 Å². The third-order valence-electron chi connectivity index (χ3n) is 2.96. The first-order valence-corrected chi connectivity index (χ1v) is 6.62. The highest BCUT2D eigenvalue weighted by Gasteiger charge is 2.34. The third-order valence-corrected chi connectivity index (χ3v) is 4.75. The molecule has 0 aromatic carbocycles. The molecule has 16 heavy (non-hydrogen) atoms. The molecule has 0 saturated carbocycles. The van der Waals surface area contributed by atoms with Gasteiger partial charge in [-0.3, -0.25) is 0 Å². The molecule has 1 aliphatic heterocycles. The molecule has 2 N–H and O–H groups in total. The summed E-state index contributed by atoms with van der Waals surface area (Å²) in [5.74, 6) is 0.0256. The molecule has 2 heterocycles. The molecular weight excluding hydrogens is 230 g/mol. The highest BCUT2D eigenvalue weighted by Crippen LogP contribution is 2.24.